The second-order valence-corrected chi connectivity index (χ2v) is 7.87. The fourth-order valence-corrected chi connectivity index (χ4v) is 4.12. The SMILES string of the molecule is CCC1(CC)O[C@@H]2C[C@@]3(C(C)(C)O)OC(C)(C)O[C@H]3C(=O)[C@@H]2O1. The Hall–Kier alpha value is -0.530. The summed E-state index contributed by atoms with van der Waals surface area (Å²) in [5.41, 5.74) is -2.38. The molecular formula is C17H28O6. The highest BCUT2D eigenvalue weighted by Gasteiger charge is 2.70. The summed E-state index contributed by atoms with van der Waals surface area (Å²) < 4.78 is 24.1. The van der Waals surface area contributed by atoms with Gasteiger partial charge in [-0.25, -0.2) is 0 Å². The van der Waals surface area contributed by atoms with Crippen LogP contribution in [0.1, 0.15) is 60.8 Å². The van der Waals surface area contributed by atoms with E-state index in [1.54, 1.807) is 27.7 Å². The minimum absolute atomic E-state index is 0.197. The van der Waals surface area contributed by atoms with Gasteiger partial charge in [0.1, 0.15) is 11.7 Å². The van der Waals surface area contributed by atoms with Crippen LogP contribution in [0.5, 0.6) is 0 Å². The summed E-state index contributed by atoms with van der Waals surface area (Å²) in [6.07, 6.45) is -0.251. The Labute approximate surface area is 137 Å². The van der Waals surface area contributed by atoms with Gasteiger partial charge in [0.2, 0.25) is 0 Å². The van der Waals surface area contributed by atoms with Gasteiger partial charge in [-0.05, 0) is 40.5 Å². The van der Waals surface area contributed by atoms with Gasteiger partial charge in [-0.2, -0.15) is 0 Å². The topological polar surface area (TPSA) is 74.2 Å². The number of Topliss-reactive ketones (excluding diaryl/α,β-unsaturated/α-hetero) is 1. The molecule has 1 N–H and O–H groups in total. The highest BCUT2D eigenvalue weighted by molar-refractivity contribution is 5.91. The summed E-state index contributed by atoms with van der Waals surface area (Å²) in [5, 5.41) is 10.8. The zero-order valence-corrected chi connectivity index (χ0v) is 14.8. The van der Waals surface area contributed by atoms with Crippen LogP contribution in [-0.2, 0) is 23.7 Å². The summed E-state index contributed by atoms with van der Waals surface area (Å²) in [6.45, 7) is 10.8. The fraction of sp³-hybridized carbons (Fsp3) is 0.941. The monoisotopic (exact) mass is 328 g/mol. The Kier molecular flexibility index (Phi) is 3.75. The van der Waals surface area contributed by atoms with E-state index in [9.17, 15) is 9.90 Å². The average molecular weight is 328 g/mol. The third-order valence-electron chi connectivity index (χ3n) is 5.45. The molecule has 132 valence electrons. The van der Waals surface area contributed by atoms with Crippen molar-refractivity contribution in [2.24, 2.45) is 0 Å². The van der Waals surface area contributed by atoms with E-state index in [0.717, 1.165) is 0 Å². The van der Waals surface area contributed by atoms with Gasteiger partial charge in [-0.1, -0.05) is 13.8 Å². The fourth-order valence-electron chi connectivity index (χ4n) is 4.12. The van der Waals surface area contributed by atoms with E-state index in [1.807, 2.05) is 13.8 Å². The van der Waals surface area contributed by atoms with E-state index in [0.29, 0.717) is 19.3 Å². The van der Waals surface area contributed by atoms with Crippen LogP contribution >= 0.6 is 0 Å². The van der Waals surface area contributed by atoms with E-state index >= 15 is 0 Å². The molecule has 0 spiro atoms. The molecule has 0 radical (unpaired) electrons. The van der Waals surface area contributed by atoms with Gasteiger partial charge in [-0.3, -0.25) is 4.79 Å². The van der Waals surface area contributed by atoms with Gasteiger partial charge < -0.3 is 24.1 Å². The highest BCUT2D eigenvalue weighted by Crippen LogP contribution is 2.53. The Morgan fingerprint density at radius 3 is 2.30 bits per heavy atom. The van der Waals surface area contributed by atoms with E-state index in [-0.39, 0.29) is 5.78 Å². The van der Waals surface area contributed by atoms with Crippen LogP contribution in [0.25, 0.3) is 0 Å². The molecule has 3 rings (SSSR count). The van der Waals surface area contributed by atoms with E-state index < -0.39 is 41.1 Å². The minimum Gasteiger partial charge on any atom is -0.387 e. The van der Waals surface area contributed by atoms with Crippen molar-refractivity contribution in [1.29, 1.82) is 0 Å². The first-order valence-corrected chi connectivity index (χ1v) is 8.49. The molecule has 0 aromatic carbocycles. The maximum Gasteiger partial charge on any atom is 0.196 e. The number of carbonyl (C=O) groups excluding carboxylic acids is 1. The molecule has 0 aromatic rings. The summed E-state index contributed by atoms with van der Waals surface area (Å²) in [7, 11) is 0. The van der Waals surface area contributed by atoms with Crippen LogP contribution in [0, 0.1) is 0 Å². The maximum atomic E-state index is 13.0. The zero-order chi connectivity index (χ0) is 17.3. The van der Waals surface area contributed by atoms with Crippen molar-refractivity contribution < 1.29 is 28.8 Å². The zero-order valence-electron chi connectivity index (χ0n) is 14.8. The molecule has 3 fully saturated rings. The molecule has 4 atom stereocenters. The first-order valence-electron chi connectivity index (χ1n) is 8.49. The number of hydrogen-bond donors (Lipinski definition) is 1. The second-order valence-electron chi connectivity index (χ2n) is 7.87. The van der Waals surface area contributed by atoms with Crippen molar-refractivity contribution in [3.05, 3.63) is 0 Å². The second kappa shape index (κ2) is 4.99. The van der Waals surface area contributed by atoms with E-state index in [2.05, 4.69) is 0 Å². The largest absolute Gasteiger partial charge is 0.387 e. The molecule has 2 heterocycles. The minimum atomic E-state index is -1.25. The Morgan fingerprint density at radius 2 is 1.78 bits per heavy atom. The number of hydrogen-bond acceptors (Lipinski definition) is 6. The van der Waals surface area contributed by atoms with Gasteiger partial charge >= 0.3 is 0 Å². The smallest absolute Gasteiger partial charge is 0.196 e. The van der Waals surface area contributed by atoms with E-state index in [1.165, 1.54) is 0 Å². The number of ketones is 1. The van der Waals surface area contributed by atoms with Crippen molar-refractivity contribution in [3.8, 4) is 0 Å². The molecule has 6 nitrogen and oxygen atoms in total. The molecule has 2 aliphatic heterocycles. The van der Waals surface area contributed by atoms with Crippen molar-refractivity contribution in [2.45, 2.75) is 102 Å². The lowest BCUT2D eigenvalue weighted by Crippen LogP contribution is -2.66. The summed E-state index contributed by atoms with van der Waals surface area (Å²) >= 11 is 0. The van der Waals surface area contributed by atoms with Gasteiger partial charge in [0.25, 0.3) is 0 Å². The molecule has 3 aliphatic rings. The molecule has 1 saturated carbocycles. The molecule has 1 aliphatic carbocycles. The summed E-state index contributed by atoms with van der Waals surface area (Å²) in [4.78, 5) is 13.0. The van der Waals surface area contributed by atoms with Crippen molar-refractivity contribution in [3.63, 3.8) is 0 Å². The van der Waals surface area contributed by atoms with Gasteiger partial charge in [0, 0.05) is 6.42 Å². The van der Waals surface area contributed by atoms with Crippen LogP contribution in [0.2, 0.25) is 0 Å². The summed E-state index contributed by atoms with van der Waals surface area (Å²) in [6, 6.07) is 0. The van der Waals surface area contributed by atoms with Crippen LogP contribution in [-0.4, -0.2) is 52.0 Å². The normalized spacial score (nSPS) is 41.7. The van der Waals surface area contributed by atoms with Crippen LogP contribution < -0.4 is 0 Å². The Bertz CT molecular complexity index is 504. The molecule has 0 amide bonds. The lowest BCUT2D eigenvalue weighted by atomic mass is 9.70. The highest BCUT2D eigenvalue weighted by atomic mass is 16.8. The predicted octanol–water partition coefficient (Wildman–Crippen LogP) is 1.92. The number of fused-ring (bicyclic) bond motifs is 2. The molecule has 23 heavy (non-hydrogen) atoms. The quantitative estimate of drug-likeness (QED) is 0.853. The first-order chi connectivity index (χ1) is 10.5. The molecular weight excluding hydrogens is 300 g/mol. The van der Waals surface area contributed by atoms with Crippen molar-refractivity contribution in [1.82, 2.24) is 0 Å². The molecule has 0 aromatic heterocycles. The predicted molar refractivity (Wildman–Crippen MR) is 81.7 cm³/mol. The van der Waals surface area contributed by atoms with Crippen LogP contribution in [0.4, 0.5) is 0 Å². The Balaban J connectivity index is 2.00. The average Bonchev–Trinajstić information content (AvgIpc) is 2.94. The number of ether oxygens (including phenoxy) is 4. The van der Waals surface area contributed by atoms with Crippen LogP contribution in [0.15, 0.2) is 0 Å². The number of aliphatic hydroxyl groups is 1. The lowest BCUT2D eigenvalue weighted by molar-refractivity contribution is -0.222. The number of carbonyl (C=O) groups is 1. The van der Waals surface area contributed by atoms with Crippen LogP contribution in [0.3, 0.4) is 0 Å². The third kappa shape index (κ3) is 2.38. The van der Waals surface area contributed by atoms with Gasteiger partial charge in [0.05, 0.1) is 11.7 Å². The van der Waals surface area contributed by atoms with Gasteiger partial charge in [-0.15, -0.1) is 0 Å². The van der Waals surface area contributed by atoms with Gasteiger partial charge in [0.15, 0.2) is 23.5 Å². The lowest BCUT2D eigenvalue weighted by Gasteiger charge is -2.46. The molecule has 6 heteroatoms. The molecule has 0 bridgehead atoms. The van der Waals surface area contributed by atoms with Crippen molar-refractivity contribution in [2.75, 3.05) is 0 Å². The van der Waals surface area contributed by atoms with Crippen molar-refractivity contribution >= 4 is 5.78 Å². The standard InChI is InChI=1S/C17H28O6/c1-7-16(8-2)20-10-9-17(14(3,4)19)13(11(18)12(10)21-16)22-15(5,6)23-17/h10,12-13,19H,7-9H2,1-6H3/t10-,12-,13+,17-/m1/s1. The maximum absolute atomic E-state index is 13.0. The van der Waals surface area contributed by atoms with E-state index in [4.69, 9.17) is 18.9 Å². The molecule has 2 saturated heterocycles. The first kappa shape index (κ1) is 17.3. The number of rotatable bonds is 3. The third-order valence-corrected chi connectivity index (χ3v) is 5.45. The Morgan fingerprint density at radius 1 is 1.17 bits per heavy atom. The summed E-state index contributed by atoms with van der Waals surface area (Å²) in [5.74, 6) is -1.87. The molecule has 0 unspecified atom stereocenters.